The number of halogens is 2. The molecule has 41 heavy (non-hydrogen) atoms. The van der Waals surface area contributed by atoms with Crippen molar-refractivity contribution >= 4 is 23.0 Å². The summed E-state index contributed by atoms with van der Waals surface area (Å²) >= 11 is 0. The average Bonchev–Trinajstić information content (AvgIpc) is 3.73. The van der Waals surface area contributed by atoms with Crippen LogP contribution in [-0.2, 0) is 22.4 Å². The van der Waals surface area contributed by atoms with E-state index in [1.54, 1.807) is 28.5 Å². The molecule has 1 fully saturated rings. The molecule has 1 amide bonds. The van der Waals surface area contributed by atoms with Gasteiger partial charge in [0, 0.05) is 30.4 Å². The Morgan fingerprint density at radius 3 is 2.46 bits per heavy atom. The summed E-state index contributed by atoms with van der Waals surface area (Å²) in [5.41, 5.74) is 1.71. The van der Waals surface area contributed by atoms with E-state index in [0.29, 0.717) is 24.1 Å². The number of esters is 1. The maximum absolute atomic E-state index is 13.9. The van der Waals surface area contributed by atoms with Gasteiger partial charge >= 0.3 is 18.7 Å². The lowest BCUT2D eigenvalue weighted by Gasteiger charge is -2.36. The van der Waals surface area contributed by atoms with E-state index in [0.717, 1.165) is 24.0 Å². The minimum Gasteiger partial charge on any atom is -0.462 e. The Bertz CT molecular complexity index is 1570. The summed E-state index contributed by atoms with van der Waals surface area (Å²) in [5.74, 6) is -0.891. The van der Waals surface area contributed by atoms with Gasteiger partial charge < -0.3 is 23.7 Å². The number of pyridine rings is 1. The van der Waals surface area contributed by atoms with E-state index in [4.69, 9.17) is 14.2 Å². The van der Waals surface area contributed by atoms with Crippen molar-refractivity contribution in [1.29, 1.82) is 0 Å². The average molecular weight is 569 g/mol. The summed E-state index contributed by atoms with van der Waals surface area (Å²) in [6.07, 6.45) is 3.14. The van der Waals surface area contributed by atoms with Crippen LogP contribution in [-0.4, -0.2) is 46.4 Å². The molecule has 2 heterocycles. The van der Waals surface area contributed by atoms with Crippen molar-refractivity contribution < 1.29 is 32.6 Å². The molecule has 0 spiro atoms. The van der Waals surface area contributed by atoms with Gasteiger partial charge in [-0.05, 0) is 88.8 Å². The molecule has 1 aliphatic heterocycles. The van der Waals surface area contributed by atoms with Gasteiger partial charge in [0.05, 0.1) is 17.5 Å². The van der Waals surface area contributed by atoms with Gasteiger partial charge in [0.25, 0.3) is 0 Å². The second kappa shape index (κ2) is 10.8. The van der Waals surface area contributed by atoms with Crippen molar-refractivity contribution in [2.45, 2.75) is 84.7 Å². The molecule has 1 aromatic heterocycles. The normalized spacial score (nSPS) is 17.0. The first-order chi connectivity index (χ1) is 19.4. The Hall–Kier alpha value is -3.95. The predicted octanol–water partition coefficient (Wildman–Crippen LogP) is 6.46. The zero-order valence-electron chi connectivity index (χ0n) is 23.8. The lowest BCUT2D eigenvalue weighted by atomic mass is 9.91. The number of alkyl halides is 2. The molecule has 2 aromatic carbocycles. The Morgan fingerprint density at radius 2 is 1.83 bits per heavy atom. The number of carbonyl (C=O) groups is 2. The summed E-state index contributed by atoms with van der Waals surface area (Å²) in [4.78, 5) is 40.4. The first kappa shape index (κ1) is 28.6. The fourth-order valence-corrected chi connectivity index (χ4v) is 5.32. The van der Waals surface area contributed by atoms with Crippen molar-refractivity contribution in [2.24, 2.45) is 0 Å². The lowest BCUT2D eigenvalue weighted by Crippen LogP contribution is -2.45. The van der Waals surface area contributed by atoms with Crippen molar-refractivity contribution in [3.05, 3.63) is 63.4 Å². The summed E-state index contributed by atoms with van der Waals surface area (Å²) in [6, 6.07) is 8.60. The molecule has 1 aliphatic carbocycles. The summed E-state index contributed by atoms with van der Waals surface area (Å²) in [7, 11) is 0. The van der Waals surface area contributed by atoms with E-state index in [1.165, 1.54) is 6.20 Å². The van der Waals surface area contributed by atoms with E-state index < -0.39 is 29.7 Å². The fourth-order valence-electron chi connectivity index (χ4n) is 5.32. The highest BCUT2D eigenvalue weighted by atomic mass is 19.3. The minimum atomic E-state index is -3.15. The zero-order valence-corrected chi connectivity index (χ0v) is 23.8. The van der Waals surface area contributed by atoms with Crippen molar-refractivity contribution in [1.82, 2.24) is 9.47 Å². The molecule has 3 aromatic rings. The Balaban J connectivity index is 1.64. The van der Waals surface area contributed by atoms with E-state index in [1.807, 2.05) is 45.9 Å². The standard InChI is InChI=1S/C31H34F2N2O6/c1-6-39-28(37)24-16-35(21-9-10-21)25-23(26(24)36)12-11-22(27(25)40-29(32)33)19-8-7-18-13-17(2)34(15-20(18)14-19)30(38)41-31(3,4)5/h7-8,11-12,14,16-17,21,29H,6,9-10,13,15H2,1-5H3/t17-/m0/s1. The van der Waals surface area contributed by atoms with Crippen LogP contribution < -0.4 is 10.2 Å². The molecule has 0 bridgehead atoms. The SMILES string of the molecule is CCOC(=O)c1cn(C2CC2)c2c(OC(F)F)c(-c3ccc4c(c3)CN(C(=O)OC(C)(C)C)[C@@H](C)C4)ccc2c1=O. The largest absolute Gasteiger partial charge is 0.462 e. The highest BCUT2D eigenvalue weighted by Gasteiger charge is 2.32. The first-order valence-corrected chi connectivity index (χ1v) is 13.8. The molecule has 0 saturated heterocycles. The van der Waals surface area contributed by atoms with Gasteiger partial charge in [0.1, 0.15) is 11.2 Å². The van der Waals surface area contributed by atoms with Gasteiger partial charge in [-0.1, -0.05) is 12.1 Å². The quantitative estimate of drug-likeness (QED) is 0.317. The van der Waals surface area contributed by atoms with E-state index in [2.05, 4.69) is 0 Å². The van der Waals surface area contributed by atoms with Crippen LogP contribution in [0.1, 0.15) is 75.0 Å². The number of rotatable bonds is 6. The smallest absolute Gasteiger partial charge is 0.410 e. The predicted molar refractivity (Wildman–Crippen MR) is 149 cm³/mol. The van der Waals surface area contributed by atoms with Crippen LogP contribution in [0.25, 0.3) is 22.0 Å². The Labute approximate surface area is 236 Å². The first-order valence-electron chi connectivity index (χ1n) is 13.8. The van der Waals surface area contributed by atoms with Crippen LogP contribution in [0, 0.1) is 0 Å². The molecular weight excluding hydrogens is 534 g/mol. The summed E-state index contributed by atoms with van der Waals surface area (Å²) in [6.45, 7) is 6.29. The Kier molecular flexibility index (Phi) is 7.52. The van der Waals surface area contributed by atoms with Crippen LogP contribution in [0.15, 0.2) is 41.3 Å². The molecular formula is C31H34F2N2O6. The van der Waals surface area contributed by atoms with Crippen LogP contribution >= 0.6 is 0 Å². The lowest BCUT2D eigenvalue weighted by molar-refractivity contribution is -0.0486. The van der Waals surface area contributed by atoms with Gasteiger partial charge in [0.15, 0.2) is 5.75 Å². The topological polar surface area (TPSA) is 87.1 Å². The van der Waals surface area contributed by atoms with Crippen LogP contribution in [0.2, 0.25) is 0 Å². The third-order valence-electron chi connectivity index (χ3n) is 7.32. The molecule has 5 rings (SSSR count). The molecule has 0 N–H and O–H groups in total. The maximum atomic E-state index is 13.9. The second-order valence-electron chi connectivity index (χ2n) is 11.6. The van der Waals surface area contributed by atoms with Crippen molar-refractivity contribution in [2.75, 3.05) is 6.61 Å². The molecule has 10 heteroatoms. The Morgan fingerprint density at radius 1 is 1.10 bits per heavy atom. The van der Waals surface area contributed by atoms with Gasteiger partial charge in [-0.15, -0.1) is 0 Å². The monoisotopic (exact) mass is 568 g/mol. The van der Waals surface area contributed by atoms with Gasteiger partial charge in [0.2, 0.25) is 5.43 Å². The number of amides is 1. The van der Waals surface area contributed by atoms with Crippen LogP contribution in [0.3, 0.4) is 0 Å². The molecule has 0 radical (unpaired) electrons. The van der Waals surface area contributed by atoms with E-state index >= 15 is 0 Å². The highest BCUT2D eigenvalue weighted by molar-refractivity contribution is 5.98. The summed E-state index contributed by atoms with van der Waals surface area (Å²) < 4.78 is 45.2. The molecule has 1 atom stereocenters. The number of hydrogen-bond donors (Lipinski definition) is 0. The third kappa shape index (κ3) is 5.78. The zero-order chi connectivity index (χ0) is 29.6. The minimum absolute atomic E-state index is 0.0612. The number of benzene rings is 2. The number of fused-ring (bicyclic) bond motifs is 2. The van der Waals surface area contributed by atoms with E-state index in [-0.39, 0.29) is 40.9 Å². The maximum Gasteiger partial charge on any atom is 0.410 e. The number of hydrogen-bond acceptors (Lipinski definition) is 6. The third-order valence-corrected chi connectivity index (χ3v) is 7.32. The van der Waals surface area contributed by atoms with Crippen molar-refractivity contribution in [3.8, 4) is 16.9 Å². The second-order valence-corrected chi connectivity index (χ2v) is 11.6. The highest BCUT2D eigenvalue weighted by Crippen LogP contribution is 2.44. The van der Waals surface area contributed by atoms with Gasteiger partial charge in [-0.2, -0.15) is 8.78 Å². The van der Waals surface area contributed by atoms with Crippen LogP contribution in [0.4, 0.5) is 13.6 Å². The molecule has 1 saturated carbocycles. The number of ether oxygens (including phenoxy) is 3. The molecule has 2 aliphatic rings. The molecule has 8 nitrogen and oxygen atoms in total. The molecule has 218 valence electrons. The van der Waals surface area contributed by atoms with E-state index in [9.17, 15) is 23.2 Å². The fraction of sp³-hybridized carbons (Fsp3) is 0.452. The van der Waals surface area contributed by atoms with Gasteiger partial charge in [-0.25, -0.2) is 9.59 Å². The van der Waals surface area contributed by atoms with Gasteiger partial charge in [-0.3, -0.25) is 4.79 Å². The van der Waals surface area contributed by atoms with Crippen molar-refractivity contribution in [3.63, 3.8) is 0 Å². The molecule has 0 unspecified atom stereocenters. The number of nitrogens with zero attached hydrogens (tertiary/aromatic N) is 2. The van der Waals surface area contributed by atoms with Crippen LogP contribution in [0.5, 0.6) is 5.75 Å². The summed E-state index contributed by atoms with van der Waals surface area (Å²) in [5, 5.41) is 0.102. The number of aromatic nitrogens is 1. The number of carbonyl (C=O) groups excluding carboxylic acids is 2.